The van der Waals surface area contributed by atoms with Gasteiger partial charge in [-0.05, 0) is 43.9 Å². The monoisotopic (exact) mass is 438 g/mol. The lowest BCUT2D eigenvalue weighted by molar-refractivity contribution is 0.172. The number of hydrogen-bond acceptors (Lipinski definition) is 6. The standard InChI is InChI=1S/C24H26N2O4S/c1-16-3-5-18(6-4-16)31(27,28)23-15-25-20-14-22-21(29-11-12-30-22)13-19(20)24(23)26-9-7-17(2)8-10-26/h3-6,13-15,17H,7-12H2,1-2H3. The Hall–Kier alpha value is -2.80. The molecule has 5 rings (SSSR count). The number of nitrogens with zero attached hydrogens (tertiary/aromatic N) is 2. The number of anilines is 1. The fourth-order valence-electron chi connectivity index (χ4n) is 4.30. The van der Waals surface area contributed by atoms with E-state index in [4.69, 9.17) is 9.47 Å². The minimum atomic E-state index is -3.74. The van der Waals surface area contributed by atoms with Crippen LogP contribution in [0.25, 0.3) is 10.9 Å². The molecule has 31 heavy (non-hydrogen) atoms. The molecule has 1 fully saturated rings. The molecule has 162 valence electrons. The first-order valence-electron chi connectivity index (χ1n) is 10.7. The summed E-state index contributed by atoms with van der Waals surface area (Å²) < 4.78 is 38.9. The van der Waals surface area contributed by atoms with Crippen molar-refractivity contribution >= 4 is 26.4 Å². The third-order valence-electron chi connectivity index (χ3n) is 6.19. The van der Waals surface area contributed by atoms with Crippen LogP contribution in [0.15, 0.2) is 52.4 Å². The molecule has 0 radical (unpaired) electrons. The van der Waals surface area contributed by atoms with Gasteiger partial charge in [0, 0.05) is 30.7 Å². The van der Waals surface area contributed by atoms with Gasteiger partial charge in [0.15, 0.2) is 11.5 Å². The third-order valence-corrected chi connectivity index (χ3v) is 7.96. The average molecular weight is 439 g/mol. The third kappa shape index (κ3) is 3.61. The quantitative estimate of drug-likeness (QED) is 0.604. The Kier molecular flexibility index (Phi) is 5.01. The molecule has 0 atom stereocenters. The highest BCUT2D eigenvalue weighted by Crippen LogP contribution is 2.42. The Bertz CT molecular complexity index is 1230. The zero-order chi connectivity index (χ0) is 21.6. The SMILES string of the molecule is Cc1ccc(S(=O)(=O)c2cnc3cc4c(cc3c2N2CCC(C)CC2)OCCO4)cc1. The van der Waals surface area contributed by atoms with E-state index in [1.807, 2.05) is 31.2 Å². The maximum absolute atomic E-state index is 13.7. The summed E-state index contributed by atoms with van der Waals surface area (Å²) in [6.07, 6.45) is 3.55. The number of aryl methyl sites for hydroxylation is 1. The van der Waals surface area contributed by atoms with Gasteiger partial charge in [0.1, 0.15) is 18.1 Å². The number of pyridine rings is 1. The zero-order valence-corrected chi connectivity index (χ0v) is 18.6. The average Bonchev–Trinajstić information content (AvgIpc) is 2.78. The number of aromatic nitrogens is 1. The smallest absolute Gasteiger partial charge is 0.210 e. The maximum atomic E-state index is 13.7. The molecule has 6 nitrogen and oxygen atoms in total. The van der Waals surface area contributed by atoms with E-state index < -0.39 is 9.84 Å². The molecule has 7 heteroatoms. The molecule has 0 saturated carbocycles. The van der Waals surface area contributed by atoms with Crippen LogP contribution >= 0.6 is 0 Å². The number of rotatable bonds is 3. The van der Waals surface area contributed by atoms with Crippen molar-refractivity contribution in [2.45, 2.75) is 36.5 Å². The number of hydrogen-bond donors (Lipinski definition) is 0. The van der Waals surface area contributed by atoms with Gasteiger partial charge in [-0.25, -0.2) is 8.42 Å². The van der Waals surface area contributed by atoms with Crippen LogP contribution in [-0.4, -0.2) is 39.7 Å². The maximum Gasteiger partial charge on any atom is 0.210 e. The van der Waals surface area contributed by atoms with Crippen molar-refractivity contribution in [2.24, 2.45) is 5.92 Å². The van der Waals surface area contributed by atoms with Crippen LogP contribution in [0.4, 0.5) is 5.69 Å². The fraction of sp³-hybridized carbons (Fsp3) is 0.375. The van der Waals surface area contributed by atoms with Crippen LogP contribution in [0.2, 0.25) is 0 Å². The Morgan fingerprint density at radius 2 is 1.65 bits per heavy atom. The zero-order valence-electron chi connectivity index (χ0n) is 17.8. The Morgan fingerprint density at radius 3 is 2.32 bits per heavy atom. The van der Waals surface area contributed by atoms with E-state index in [9.17, 15) is 8.42 Å². The lowest BCUT2D eigenvalue weighted by atomic mass is 9.98. The summed E-state index contributed by atoms with van der Waals surface area (Å²) in [5.41, 5.74) is 2.44. The van der Waals surface area contributed by atoms with Gasteiger partial charge in [-0.2, -0.15) is 0 Å². The van der Waals surface area contributed by atoms with Gasteiger partial charge < -0.3 is 14.4 Å². The second-order valence-electron chi connectivity index (χ2n) is 8.47. The van der Waals surface area contributed by atoms with Crippen molar-refractivity contribution in [1.82, 2.24) is 4.98 Å². The number of ether oxygens (including phenoxy) is 2. The van der Waals surface area contributed by atoms with Crippen molar-refractivity contribution in [2.75, 3.05) is 31.2 Å². The highest BCUT2D eigenvalue weighted by atomic mass is 32.2. The van der Waals surface area contributed by atoms with Gasteiger partial charge in [0.2, 0.25) is 9.84 Å². The molecule has 0 unspecified atom stereocenters. The van der Waals surface area contributed by atoms with Gasteiger partial charge in [-0.1, -0.05) is 24.6 Å². The summed E-state index contributed by atoms with van der Waals surface area (Å²) in [4.78, 5) is 7.25. The minimum absolute atomic E-state index is 0.245. The second kappa shape index (κ2) is 7.71. The van der Waals surface area contributed by atoms with Crippen molar-refractivity contribution < 1.29 is 17.9 Å². The molecule has 3 aromatic rings. The Balaban J connectivity index is 1.73. The van der Waals surface area contributed by atoms with E-state index in [1.54, 1.807) is 12.1 Å². The normalized spacial score (nSPS) is 17.2. The molecule has 2 aromatic carbocycles. The first-order chi connectivity index (χ1) is 14.9. The van der Waals surface area contributed by atoms with Crippen LogP contribution in [-0.2, 0) is 9.84 Å². The molecule has 0 amide bonds. The molecule has 1 aromatic heterocycles. The highest BCUT2D eigenvalue weighted by Gasteiger charge is 2.29. The first-order valence-corrected chi connectivity index (χ1v) is 12.2. The summed E-state index contributed by atoms with van der Waals surface area (Å²) >= 11 is 0. The number of sulfone groups is 1. The Labute approximate surface area is 182 Å². The van der Waals surface area contributed by atoms with Crippen LogP contribution in [0.1, 0.15) is 25.3 Å². The van der Waals surface area contributed by atoms with Crippen molar-refractivity contribution in [3.8, 4) is 11.5 Å². The lowest BCUT2D eigenvalue weighted by Gasteiger charge is -2.34. The number of piperidine rings is 1. The van der Waals surface area contributed by atoms with Crippen LogP contribution in [0, 0.1) is 12.8 Å². The van der Waals surface area contributed by atoms with E-state index in [2.05, 4.69) is 16.8 Å². The van der Waals surface area contributed by atoms with Crippen molar-refractivity contribution in [1.29, 1.82) is 0 Å². The predicted molar refractivity (Wildman–Crippen MR) is 120 cm³/mol. The van der Waals surface area contributed by atoms with E-state index >= 15 is 0 Å². The fourth-order valence-corrected chi connectivity index (χ4v) is 5.73. The van der Waals surface area contributed by atoms with Crippen LogP contribution in [0.5, 0.6) is 11.5 Å². The predicted octanol–water partition coefficient (Wildman–Crippen LogP) is 4.38. The molecule has 0 N–H and O–H groups in total. The largest absolute Gasteiger partial charge is 0.486 e. The number of benzene rings is 2. The first kappa shape index (κ1) is 20.1. The summed E-state index contributed by atoms with van der Waals surface area (Å²) in [5.74, 6) is 1.92. The summed E-state index contributed by atoms with van der Waals surface area (Å²) in [5, 5.41) is 0.784. The van der Waals surface area contributed by atoms with Gasteiger partial charge in [0.25, 0.3) is 0 Å². The molecule has 2 aliphatic rings. The summed E-state index contributed by atoms with van der Waals surface area (Å²) in [7, 11) is -3.74. The van der Waals surface area contributed by atoms with E-state index in [0.717, 1.165) is 42.6 Å². The molecular weight excluding hydrogens is 412 g/mol. The molecule has 0 spiro atoms. The van der Waals surface area contributed by atoms with E-state index in [-0.39, 0.29) is 9.79 Å². The van der Waals surface area contributed by atoms with Gasteiger partial charge >= 0.3 is 0 Å². The number of fused-ring (bicyclic) bond motifs is 2. The van der Waals surface area contributed by atoms with Crippen molar-refractivity contribution in [3.05, 3.63) is 48.2 Å². The molecule has 1 saturated heterocycles. The topological polar surface area (TPSA) is 68.7 Å². The second-order valence-corrected chi connectivity index (χ2v) is 10.4. The minimum Gasteiger partial charge on any atom is -0.486 e. The molecule has 0 bridgehead atoms. The van der Waals surface area contributed by atoms with Crippen molar-refractivity contribution in [3.63, 3.8) is 0 Å². The molecular formula is C24H26N2O4S. The lowest BCUT2D eigenvalue weighted by Crippen LogP contribution is -2.34. The van der Waals surface area contributed by atoms with Crippen LogP contribution < -0.4 is 14.4 Å². The van der Waals surface area contributed by atoms with Gasteiger partial charge in [-0.15, -0.1) is 0 Å². The Morgan fingerprint density at radius 1 is 1.00 bits per heavy atom. The molecule has 3 heterocycles. The molecule has 2 aliphatic heterocycles. The van der Waals surface area contributed by atoms with Gasteiger partial charge in [-0.3, -0.25) is 4.98 Å². The molecule has 0 aliphatic carbocycles. The highest BCUT2D eigenvalue weighted by molar-refractivity contribution is 7.91. The van der Waals surface area contributed by atoms with Gasteiger partial charge in [0.05, 0.1) is 16.1 Å². The van der Waals surface area contributed by atoms with E-state index in [1.165, 1.54) is 6.20 Å². The summed E-state index contributed by atoms with van der Waals surface area (Å²) in [6.45, 7) is 6.78. The van der Waals surface area contributed by atoms with Crippen LogP contribution in [0.3, 0.4) is 0 Å². The van der Waals surface area contributed by atoms with E-state index in [0.29, 0.717) is 36.1 Å². The summed E-state index contributed by atoms with van der Waals surface area (Å²) in [6, 6.07) is 10.7.